The number of hydrogen-bond donors (Lipinski definition) is 1. The molecular weight excluding hydrogens is 879 g/mol. The minimum absolute atomic E-state index is 0.0131. The third-order valence-electron chi connectivity index (χ3n) is 14.7. The van der Waals surface area contributed by atoms with Gasteiger partial charge in [0.2, 0.25) is 5.82 Å². The number of ether oxygens (including phenoxy) is 1. The molecule has 67 heavy (non-hydrogen) atoms. The smallest absolute Gasteiger partial charge is 0.376 e. The van der Waals surface area contributed by atoms with Gasteiger partial charge in [-0.05, 0) is 126 Å². The highest BCUT2D eigenvalue weighted by Gasteiger charge is 2.59. The van der Waals surface area contributed by atoms with E-state index in [1.807, 2.05) is 28.6 Å². The van der Waals surface area contributed by atoms with Crippen LogP contribution in [0.1, 0.15) is 121 Å². The normalized spacial score (nSPS) is 23.5. The molecule has 2 saturated carbocycles. The Kier molecular flexibility index (Phi) is 9.16. The summed E-state index contributed by atoms with van der Waals surface area (Å²) in [4.78, 5) is 51.1. The first kappa shape index (κ1) is 41.8. The molecule has 0 unspecified atom stereocenters. The maximum atomic E-state index is 16.5. The van der Waals surface area contributed by atoms with E-state index >= 15 is 13.6 Å². The van der Waals surface area contributed by atoms with Gasteiger partial charge in [-0.2, -0.15) is 10.2 Å². The van der Waals surface area contributed by atoms with E-state index in [1.165, 1.54) is 16.0 Å². The predicted molar refractivity (Wildman–Crippen MR) is 247 cm³/mol. The molecule has 4 atom stereocenters. The molecule has 7 aromatic rings. The summed E-state index contributed by atoms with van der Waals surface area (Å²) < 4.78 is 48.5. The van der Waals surface area contributed by atoms with Gasteiger partial charge in [-0.3, -0.25) is 28.8 Å². The lowest BCUT2D eigenvalue weighted by Gasteiger charge is -2.35. The lowest BCUT2D eigenvalue weighted by molar-refractivity contribution is -0.0588. The molecule has 2 aromatic carbocycles. The third kappa shape index (κ3) is 6.28. The van der Waals surface area contributed by atoms with Crippen molar-refractivity contribution in [2.24, 2.45) is 5.92 Å². The number of hydrogen-bond acceptors (Lipinski definition) is 11. The first-order valence-electron chi connectivity index (χ1n) is 22.9. The van der Waals surface area contributed by atoms with E-state index in [1.54, 1.807) is 65.4 Å². The number of aryl methyl sites for hydroxylation is 2. The zero-order chi connectivity index (χ0) is 46.4. The van der Waals surface area contributed by atoms with E-state index in [0.29, 0.717) is 82.3 Å². The second kappa shape index (κ2) is 14.7. The molecule has 0 radical (unpaired) electrons. The molecule has 15 nitrogen and oxygen atoms in total. The Hall–Kier alpha value is -6.62. The van der Waals surface area contributed by atoms with Crippen LogP contribution >= 0.6 is 11.3 Å². The number of carbonyl (C=O) groups excluding carboxylic acids is 2. The zero-order valence-corrected chi connectivity index (χ0v) is 38.7. The Balaban J connectivity index is 0.968. The lowest BCUT2D eigenvalue weighted by atomic mass is 9.87. The van der Waals surface area contributed by atoms with Gasteiger partial charge in [0.25, 0.3) is 5.91 Å². The maximum absolute atomic E-state index is 16.5. The number of nitrogens with zero attached hydrogens (tertiary/aromatic N) is 9. The van der Waals surface area contributed by atoms with Crippen molar-refractivity contribution in [2.75, 3.05) is 23.0 Å². The first-order valence-corrected chi connectivity index (χ1v) is 23.7. The number of H-pyrrole nitrogens is 1. The minimum atomic E-state index is -0.836. The fourth-order valence-electron chi connectivity index (χ4n) is 11.1. The van der Waals surface area contributed by atoms with Crippen LogP contribution in [0.3, 0.4) is 0 Å². The molecule has 5 aliphatic rings. The topological polar surface area (TPSA) is 153 Å². The Bertz CT molecular complexity index is 3360. The second-order valence-corrected chi connectivity index (χ2v) is 20.6. The first-order chi connectivity index (χ1) is 32.2. The highest BCUT2D eigenvalue weighted by Crippen LogP contribution is 2.57. The largest absolute Gasteiger partial charge is 0.438 e. The number of anilines is 2. The number of fused-ring (bicyclic) bond motifs is 3. The van der Waals surface area contributed by atoms with Crippen molar-refractivity contribution in [1.82, 2.24) is 39.2 Å². The average molecular weight is 927 g/mol. The van der Waals surface area contributed by atoms with Crippen molar-refractivity contribution in [2.45, 2.75) is 109 Å². The molecule has 0 spiro atoms. The monoisotopic (exact) mass is 926 g/mol. The molecule has 0 bridgehead atoms. The fraction of sp³-hybridized carbons (Fsp3) is 0.408. The van der Waals surface area contributed by atoms with Crippen LogP contribution in [0.15, 0.2) is 70.1 Å². The molecule has 1 amide bonds. The van der Waals surface area contributed by atoms with Crippen molar-refractivity contribution in [3.63, 3.8) is 0 Å². The van der Waals surface area contributed by atoms with Gasteiger partial charge in [0, 0.05) is 47.8 Å². The summed E-state index contributed by atoms with van der Waals surface area (Å²) in [6, 6.07) is 10.6. The predicted octanol–water partition coefficient (Wildman–Crippen LogP) is 8.83. The molecule has 1 saturated heterocycles. The van der Waals surface area contributed by atoms with Crippen LogP contribution in [0.2, 0.25) is 0 Å². The number of benzene rings is 2. The molecular formula is C49H48F2N10O5S. The van der Waals surface area contributed by atoms with E-state index < -0.39 is 23.2 Å². The highest BCUT2D eigenvalue weighted by atomic mass is 32.1. The summed E-state index contributed by atoms with van der Waals surface area (Å²) in [5, 5.41) is 15.1. The summed E-state index contributed by atoms with van der Waals surface area (Å²) in [6.07, 6.45) is 9.50. The average Bonchev–Trinajstić information content (AvgIpc) is 3.72. The molecule has 18 heteroatoms. The van der Waals surface area contributed by atoms with Crippen molar-refractivity contribution < 1.29 is 27.6 Å². The minimum Gasteiger partial charge on any atom is -0.376 e. The van der Waals surface area contributed by atoms with Crippen LogP contribution in [0.4, 0.5) is 20.3 Å². The quantitative estimate of drug-likeness (QED) is 0.146. The molecule has 8 heterocycles. The Labute approximate surface area is 386 Å². The fourth-order valence-corrected chi connectivity index (χ4v) is 12.4. The summed E-state index contributed by atoms with van der Waals surface area (Å²) in [5.41, 5.74) is 2.89. The van der Waals surface area contributed by atoms with Crippen molar-refractivity contribution in [1.29, 1.82) is 0 Å². The molecule has 12 rings (SSSR count). The van der Waals surface area contributed by atoms with Gasteiger partial charge in [-0.1, -0.05) is 12.1 Å². The molecule has 1 N–H and O–H groups in total. The van der Waals surface area contributed by atoms with Crippen molar-refractivity contribution in [3.8, 4) is 5.69 Å². The molecule has 2 aliphatic carbocycles. The Morgan fingerprint density at radius 1 is 1.00 bits per heavy atom. The number of nitrogens with one attached hydrogen (secondary N) is 1. The summed E-state index contributed by atoms with van der Waals surface area (Å²) >= 11 is 1.66. The van der Waals surface area contributed by atoms with Crippen LogP contribution in [0.25, 0.3) is 26.8 Å². The SMILES string of the molecule is Cc1cc(-n2nc3c(c2N2C=CN(c4ccc5c(cnn5C5CC5)c4F)C2=C=O)[C@H](C)N(C(=O)c2cc4cc([C@H]5CCOC(C)(C)C5)sc4n2[C@@]2(c4noc(=O)[nH]4)C[C@@H]2C)CC3)cc(C)c1F. The van der Waals surface area contributed by atoms with Crippen LogP contribution < -0.4 is 15.6 Å². The number of thiophene rings is 1. The summed E-state index contributed by atoms with van der Waals surface area (Å²) in [7, 11) is 0. The van der Waals surface area contributed by atoms with Crippen LogP contribution in [0.5, 0.6) is 0 Å². The summed E-state index contributed by atoms with van der Waals surface area (Å²) in [5.74, 6) is 1.38. The standard InChI is InChI=1S/C49H48F2N10O5S/c1-25-17-32(18-26(2)41(25)50)61-43(58-15-14-57(39(58)24-62)36-10-9-35-33(42(36)51)23-52-60(35)31-7-8-31)40-28(4)56(13-11-34(40)54-61)44(63)37-19-30-20-38(29-12-16-65-48(5,6)22-29)67-45(30)59(37)49(21-27(49)3)46-53-47(64)66-55-46/h9-10,14-15,17-20,23,27-29,31H,7-8,11-13,16,21-22H2,1-6H3,(H,53,55,64)/t27-,28-,29-,49-/m0/s1. The number of halogens is 2. The van der Waals surface area contributed by atoms with Gasteiger partial charge < -0.3 is 14.2 Å². The van der Waals surface area contributed by atoms with Crippen LogP contribution in [-0.4, -0.2) is 69.8 Å². The highest BCUT2D eigenvalue weighted by molar-refractivity contribution is 7.18. The maximum Gasteiger partial charge on any atom is 0.438 e. The zero-order valence-electron chi connectivity index (χ0n) is 37.9. The van der Waals surface area contributed by atoms with Crippen molar-refractivity contribution in [3.05, 3.63) is 122 Å². The van der Waals surface area contributed by atoms with E-state index in [9.17, 15) is 9.59 Å². The van der Waals surface area contributed by atoms with E-state index in [-0.39, 0.29) is 46.7 Å². The van der Waals surface area contributed by atoms with Gasteiger partial charge >= 0.3 is 5.76 Å². The van der Waals surface area contributed by atoms with E-state index in [2.05, 4.69) is 52.6 Å². The number of aromatic amines is 1. The molecule has 5 aromatic heterocycles. The molecule has 3 aliphatic heterocycles. The second-order valence-electron chi connectivity index (χ2n) is 19.6. The van der Waals surface area contributed by atoms with Crippen molar-refractivity contribution >= 4 is 55.8 Å². The van der Waals surface area contributed by atoms with Gasteiger partial charge in [0.15, 0.2) is 17.6 Å². The molecule has 344 valence electrons. The third-order valence-corrected chi connectivity index (χ3v) is 16.0. The van der Waals surface area contributed by atoms with Crippen LogP contribution in [-0.2, 0) is 21.5 Å². The Morgan fingerprint density at radius 2 is 1.76 bits per heavy atom. The Morgan fingerprint density at radius 3 is 2.45 bits per heavy atom. The number of amides is 1. The molecule has 3 fully saturated rings. The number of aromatic nitrogens is 7. The number of rotatable bonds is 8. The van der Waals surface area contributed by atoms with Gasteiger partial charge in [0.1, 0.15) is 27.7 Å². The summed E-state index contributed by atoms with van der Waals surface area (Å²) in [6.45, 7) is 12.6. The van der Waals surface area contributed by atoms with Gasteiger partial charge in [-0.15, -0.1) is 11.3 Å². The van der Waals surface area contributed by atoms with Gasteiger partial charge in [0.05, 0.1) is 51.9 Å². The lowest BCUT2D eigenvalue weighted by Crippen LogP contribution is -2.41. The number of carbonyl (C=O) groups is 1. The van der Waals surface area contributed by atoms with E-state index in [0.717, 1.165) is 35.9 Å². The van der Waals surface area contributed by atoms with Gasteiger partial charge in [-0.25, -0.2) is 23.1 Å². The van der Waals surface area contributed by atoms with E-state index in [4.69, 9.17) is 14.4 Å². The van der Waals surface area contributed by atoms with Crippen LogP contribution in [0, 0.1) is 31.4 Å².